The van der Waals surface area contributed by atoms with Gasteiger partial charge in [0.1, 0.15) is 0 Å². The topological polar surface area (TPSA) is 8.17 Å². The second kappa shape index (κ2) is 10.4. The average Bonchev–Trinajstić information content (AvgIpc) is 3.54. The quantitative estimate of drug-likeness (QED) is 0.135. The van der Waals surface area contributed by atoms with Crippen LogP contribution in [-0.2, 0) is 0 Å². The molecule has 0 amide bonds. The van der Waals surface area contributed by atoms with Crippen LogP contribution in [0.1, 0.15) is 0 Å². The van der Waals surface area contributed by atoms with E-state index in [4.69, 9.17) is 0 Å². The molecule has 2 heteroatoms. The molecule has 1 aromatic heterocycles. The zero-order chi connectivity index (χ0) is 32.8. The van der Waals surface area contributed by atoms with Crippen LogP contribution in [-0.4, -0.2) is 4.57 Å². The molecular formula is C48H30N2. The molecule has 50 heavy (non-hydrogen) atoms. The predicted octanol–water partition coefficient (Wildman–Crippen LogP) is 13.4. The Morgan fingerprint density at radius 2 is 0.820 bits per heavy atom. The predicted molar refractivity (Wildman–Crippen MR) is 213 cm³/mol. The largest absolute Gasteiger partial charge is 0.311 e. The molecule has 232 valence electrons. The summed E-state index contributed by atoms with van der Waals surface area (Å²) in [6, 6.07) is 66.4. The molecule has 0 aliphatic heterocycles. The van der Waals surface area contributed by atoms with Gasteiger partial charge in [0.2, 0.25) is 0 Å². The summed E-state index contributed by atoms with van der Waals surface area (Å²) in [5.74, 6) is 0. The third kappa shape index (κ3) is 3.79. The lowest BCUT2D eigenvalue weighted by Crippen LogP contribution is -2.09. The first kappa shape index (κ1) is 27.3. The Morgan fingerprint density at radius 3 is 1.52 bits per heavy atom. The van der Waals surface area contributed by atoms with Crippen LogP contribution >= 0.6 is 0 Å². The Morgan fingerprint density at radius 1 is 0.300 bits per heavy atom. The Bertz CT molecular complexity index is 2970. The minimum atomic E-state index is 1.13. The van der Waals surface area contributed by atoms with E-state index in [0.717, 1.165) is 17.1 Å². The van der Waals surface area contributed by atoms with Crippen molar-refractivity contribution in [2.45, 2.75) is 0 Å². The minimum absolute atomic E-state index is 1.13. The molecule has 0 atom stereocenters. The maximum Gasteiger partial charge on any atom is 0.0548 e. The molecule has 0 N–H and O–H groups in total. The van der Waals surface area contributed by atoms with Crippen LogP contribution < -0.4 is 4.90 Å². The Kier molecular flexibility index (Phi) is 5.70. The number of para-hydroxylation sites is 2. The van der Waals surface area contributed by atoms with Gasteiger partial charge in [-0.25, -0.2) is 0 Å². The van der Waals surface area contributed by atoms with Crippen LogP contribution in [0.4, 0.5) is 17.1 Å². The van der Waals surface area contributed by atoms with Crippen LogP contribution in [0.5, 0.6) is 0 Å². The fourth-order valence-corrected chi connectivity index (χ4v) is 8.59. The maximum atomic E-state index is 2.48. The SMILES string of the molecule is c1ccc(N(c2ccccc2)c2ccc(-c3cccc(-n4c5cccc6c7cccc8c9ccccc9c9ccc4c(c9c87)c65)c3)cc2)cc1. The van der Waals surface area contributed by atoms with Crippen molar-refractivity contribution in [3.63, 3.8) is 0 Å². The van der Waals surface area contributed by atoms with Gasteiger partial charge in [-0.1, -0.05) is 121 Å². The van der Waals surface area contributed by atoms with Crippen molar-refractivity contribution in [3.8, 4) is 16.8 Å². The summed E-state index contributed by atoms with van der Waals surface area (Å²) in [7, 11) is 0. The molecule has 0 radical (unpaired) electrons. The third-order valence-electron chi connectivity index (χ3n) is 10.7. The summed E-state index contributed by atoms with van der Waals surface area (Å²) < 4.78 is 2.48. The maximum absolute atomic E-state index is 2.48. The van der Waals surface area contributed by atoms with Crippen molar-refractivity contribution >= 4 is 82.0 Å². The van der Waals surface area contributed by atoms with Crippen molar-refractivity contribution in [2.24, 2.45) is 0 Å². The third-order valence-corrected chi connectivity index (χ3v) is 10.7. The van der Waals surface area contributed by atoms with E-state index in [1.165, 1.54) is 81.7 Å². The molecule has 0 aliphatic rings. The van der Waals surface area contributed by atoms with E-state index >= 15 is 0 Å². The lowest BCUT2D eigenvalue weighted by molar-refractivity contribution is 1.18. The lowest BCUT2D eigenvalue weighted by Gasteiger charge is -2.25. The van der Waals surface area contributed by atoms with Crippen LogP contribution in [0, 0.1) is 0 Å². The highest BCUT2D eigenvalue weighted by Crippen LogP contribution is 2.49. The van der Waals surface area contributed by atoms with Gasteiger partial charge < -0.3 is 9.47 Å². The fourth-order valence-electron chi connectivity index (χ4n) is 8.59. The summed E-state index contributed by atoms with van der Waals surface area (Å²) in [4.78, 5) is 2.31. The van der Waals surface area contributed by atoms with Gasteiger partial charge >= 0.3 is 0 Å². The fraction of sp³-hybridized carbons (Fsp3) is 0. The summed E-state index contributed by atoms with van der Waals surface area (Å²) >= 11 is 0. The summed E-state index contributed by atoms with van der Waals surface area (Å²) in [6.07, 6.45) is 0. The molecule has 11 aromatic rings. The number of fused-ring (bicyclic) bond motifs is 4. The number of aromatic nitrogens is 1. The van der Waals surface area contributed by atoms with Gasteiger partial charge in [0, 0.05) is 38.9 Å². The van der Waals surface area contributed by atoms with E-state index in [2.05, 4.69) is 191 Å². The zero-order valence-electron chi connectivity index (χ0n) is 27.2. The van der Waals surface area contributed by atoms with Crippen molar-refractivity contribution in [1.82, 2.24) is 4.57 Å². The summed E-state index contributed by atoms with van der Waals surface area (Å²) in [5.41, 5.74) is 9.44. The molecule has 0 aliphatic carbocycles. The second-order valence-electron chi connectivity index (χ2n) is 13.3. The normalized spacial score (nSPS) is 12.0. The smallest absolute Gasteiger partial charge is 0.0548 e. The number of hydrogen-bond donors (Lipinski definition) is 0. The lowest BCUT2D eigenvalue weighted by atomic mass is 9.86. The number of benzene rings is 10. The van der Waals surface area contributed by atoms with Gasteiger partial charge in [0.05, 0.1) is 11.0 Å². The molecule has 10 aromatic carbocycles. The van der Waals surface area contributed by atoms with E-state index in [9.17, 15) is 0 Å². The zero-order valence-corrected chi connectivity index (χ0v) is 27.2. The summed E-state index contributed by atoms with van der Waals surface area (Å²) in [6.45, 7) is 0. The number of rotatable bonds is 5. The van der Waals surface area contributed by atoms with Crippen LogP contribution in [0.25, 0.3) is 81.7 Å². The molecule has 0 unspecified atom stereocenters. The van der Waals surface area contributed by atoms with Gasteiger partial charge in [-0.05, 0) is 109 Å². The Labute approximate surface area is 289 Å². The highest BCUT2D eigenvalue weighted by atomic mass is 15.1. The molecule has 0 saturated heterocycles. The summed E-state index contributed by atoms with van der Waals surface area (Å²) in [5, 5.41) is 13.4. The van der Waals surface area contributed by atoms with Gasteiger partial charge in [0.15, 0.2) is 0 Å². The molecule has 0 fully saturated rings. The Hall–Kier alpha value is -6.64. The Balaban J connectivity index is 1.10. The van der Waals surface area contributed by atoms with Crippen molar-refractivity contribution in [2.75, 3.05) is 4.90 Å². The highest BCUT2D eigenvalue weighted by Gasteiger charge is 2.23. The first-order valence-electron chi connectivity index (χ1n) is 17.3. The number of anilines is 3. The monoisotopic (exact) mass is 634 g/mol. The van der Waals surface area contributed by atoms with E-state index < -0.39 is 0 Å². The van der Waals surface area contributed by atoms with E-state index in [1.54, 1.807) is 0 Å². The van der Waals surface area contributed by atoms with Crippen LogP contribution in [0.15, 0.2) is 182 Å². The first-order chi connectivity index (χ1) is 24.8. The molecule has 0 saturated carbocycles. The minimum Gasteiger partial charge on any atom is -0.311 e. The standard InChI is InChI=1S/C48H30N2/c1-3-13-33(14-4-1)49(34-15-5-2-6-16-34)35-26-24-31(25-27-35)32-12-9-17-36(30-32)50-43-23-11-22-41-40-21-10-20-39-37-18-7-8-19-38(37)42-28-29-44(50)48(46(41)43)47(42)45(39)40/h1-30H. The average molecular weight is 635 g/mol. The van der Waals surface area contributed by atoms with E-state index in [1.807, 2.05) is 0 Å². The van der Waals surface area contributed by atoms with Gasteiger partial charge in [-0.3, -0.25) is 0 Å². The van der Waals surface area contributed by atoms with E-state index in [-0.39, 0.29) is 0 Å². The van der Waals surface area contributed by atoms with Crippen molar-refractivity contribution in [3.05, 3.63) is 182 Å². The second-order valence-corrected chi connectivity index (χ2v) is 13.3. The van der Waals surface area contributed by atoms with Crippen LogP contribution in [0.2, 0.25) is 0 Å². The van der Waals surface area contributed by atoms with Crippen LogP contribution in [0.3, 0.4) is 0 Å². The van der Waals surface area contributed by atoms with Crippen molar-refractivity contribution < 1.29 is 0 Å². The van der Waals surface area contributed by atoms with E-state index in [0.29, 0.717) is 0 Å². The number of nitrogens with zero attached hydrogens (tertiary/aromatic N) is 2. The first-order valence-corrected chi connectivity index (χ1v) is 17.3. The van der Waals surface area contributed by atoms with Crippen molar-refractivity contribution in [1.29, 1.82) is 0 Å². The van der Waals surface area contributed by atoms with Gasteiger partial charge in [0.25, 0.3) is 0 Å². The molecule has 0 bridgehead atoms. The molecule has 1 heterocycles. The molecule has 0 spiro atoms. The highest BCUT2D eigenvalue weighted by molar-refractivity contribution is 6.44. The molecule has 2 nitrogen and oxygen atoms in total. The molecule has 11 rings (SSSR count). The number of hydrogen-bond acceptors (Lipinski definition) is 1. The van der Waals surface area contributed by atoms with Gasteiger partial charge in [-0.2, -0.15) is 0 Å². The van der Waals surface area contributed by atoms with Gasteiger partial charge in [-0.15, -0.1) is 0 Å². The molecular weight excluding hydrogens is 605 g/mol.